The summed E-state index contributed by atoms with van der Waals surface area (Å²) in [4.78, 5) is 11.9. The van der Waals surface area contributed by atoms with Crippen LogP contribution in [0.1, 0.15) is 18.2 Å². The minimum Gasteiger partial charge on any atom is -0.461 e. The first kappa shape index (κ1) is 16.1. The maximum absolute atomic E-state index is 12.8. The zero-order chi connectivity index (χ0) is 16.9. The molecule has 0 aliphatic rings. The molecule has 2 amide bonds. The highest BCUT2D eigenvalue weighted by atomic mass is 19.1. The first-order chi connectivity index (χ1) is 11.6. The topological polar surface area (TPSA) is 54.3 Å². The molecule has 1 atom stereocenters. The molecule has 1 aromatic heterocycles. The number of para-hydroxylation sites is 1. The van der Waals surface area contributed by atoms with Crippen LogP contribution < -0.4 is 10.6 Å². The number of benzene rings is 2. The van der Waals surface area contributed by atoms with Crippen LogP contribution >= 0.6 is 0 Å². The van der Waals surface area contributed by atoms with Crippen molar-refractivity contribution in [2.45, 2.75) is 25.9 Å². The molecule has 0 saturated carbocycles. The zero-order valence-electron chi connectivity index (χ0n) is 13.4. The summed E-state index contributed by atoms with van der Waals surface area (Å²) in [6.45, 7) is 2.27. The molecule has 1 heterocycles. The van der Waals surface area contributed by atoms with Crippen LogP contribution in [-0.2, 0) is 13.0 Å². The first-order valence-electron chi connectivity index (χ1n) is 7.86. The van der Waals surface area contributed by atoms with Crippen LogP contribution in [0.2, 0.25) is 0 Å². The highest BCUT2D eigenvalue weighted by molar-refractivity contribution is 5.77. The minimum absolute atomic E-state index is 0.0706. The van der Waals surface area contributed by atoms with Crippen molar-refractivity contribution in [3.8, 4) is 0 Å². The predicted octanol–water partition coefficient (Wildman–Crippen LogP) is 4.00. The summed E-state index contributed by atoms with van der Waals surface area (Å²) >= 11 is 0. The Hall–Kier alpha value is -2.82. The molecule has 0 radical (unpaired) electrons. The Balaban J connectivity index is 1.49. The van der Waals surface area contributed by atoms with E-state index in [-0.39, 0.29) is 17.9 Å². The fourth-order valence-corrected chi connectivity index (χ4v) is 2.55. The van der Waals surface area contributed by atoms with Gasteiger partial charge in [0.25, 0.3) is 0 Å². The summed E-state index contributed by atoms with van der Waals surface area (Å²) in [5, 5.41) is 6.68. The molecule has 0 aliphatic heterocycles. The highest BCUT2D eigenvalue weighted by Gasteiger charge is 2.11. The van der Waals surface area contributed by atoms with E-state index in [2.05, 4.69) is 10.6 Å². The van der Waals surface area contributed by atoms with Gasteiger partial charge < -0.3 is 15.1 Å². The second-order valence-corrected chi connectivity index (χ2v) is 5.81. The van der Waals surface area contributed by atoms with Crippen molar-refractivity contribution in [3.63, 3.8) is 0 Å². The van der Waals surface area contributed by atoms with Crippen molar-refractivity contribution in [2.75, 3.05) is 0 Å². The van der Waals surface area contributed by atoms with E-state index in [1.807, 2.05) is 37.3 Å². The normalized spacial score (nSPS) is 12.1. The van der Waals surface area contributed by atoms with Crippen LogP contribution in [0, 0.1) is 5.82 Å². The number of hydrogen-bond acceptors (Lipinski definition) is 2. The van der Waals surface area contributed by atoms with Gasteiger partial charge in [0, 0.05) is 24.4 Å². The van der Waals surface area contributed by atoms with E-state index < -0.39 is 0 Å². The van der Waals surface area contributed by atoms with Crippen molar-refractivity contribution in [2.24, 2.45) is 0 Å². The first-order valence-corrected chi connectivity index (χ1v) is 7.86. The molecule has 0 aliphatic carbocycles. The molecule has 2 aromatic carbocycles. The van der Waals surface area contributed by atoms with Gasteiger partial charge in [-0.1, -0.05) is 30.3 Å². The molecule has 4 nitrogen and oxygen atoms in total. The third kappa shape index (κ3) is 4.13. The summed E-state index contributed by atoms with van der Waals surface area (Å²) in [5.74, 6) is 0.546. The fraction of sp³-hybridized carbons (Fsp3) is 0.211. The number of amides is 2. The summed E-state index contributed by atoms with van der Waals surface area (Å²) < 4.78 is 18.6. The number of carbonyl (C=O) groups excluding carboxylic acids is 1. The minimum atomic E-state index is -0.289. The van der Waals surface area contributed by atoms with E-state index in [4.69, 9.17) is 4.42 Å². The number of fused-ring (bicyclic) bond motifs is 1. The SMILES string of the molecule is CC(Cc1cc2ccccc2o1)NC(=O)NCc1ccc(F)cc1. The fourth-order valence-electron chi connectivity index (χ4n) is 2.55. The second kappa shape index (κ2) is 7.17. The Morgan fingerprint density at radius 1 is 1.17 bits per heavy atom. The molecular formula is C19H19FN2O2. The Bertz CT molecular complexity index is 794. The van der Waals surface area contributed by atoms with Gasteiger partial charge in [-0.2, -0.15) is 0 Å². The molecule has 5 heteroatoms. The molecule has 0 bridgehead atoms. The Kier molecular flexibility index (Phi) is 4.79. The van der Waals surface area contributed by atoms with Gasteiger partial charge in [0.15, 0.2) is 0 Å². The zero-order valence-corrected chi connectivity index (χ0v) is 13.4. The van der Waals surface area contributed by atoms with Gasteiger partial charge in [-0.05, 0) is 36.8 Å². The third-order valence-electron chi connectivity index (χ3n) is 3.73. The van der Waals surface area contributed by atoms with E-state index in [9.17, 15) is 9.18 Å². The molecule has 3 aromatic rings. The molecular weight excluding hydrogens is 307 g/mol. The smallest absolute Gasteiger partial charge is 0.315 e. The maximum Gasteiger partial charge on any atom is 0.315 e. The van der Waals surface area contributed by atoms with Gasteiger partial charge in [0.1, 0.15) is 17.2 Å². The summed E-state index contributed by atoms with van der Waals surface area (Å²) in [6.07, 6.45) is 0.610. The van der Waals surface area contributed by atoms with Gasteiger partial charge in [-0.25, -0.2) is 9.18 Å². The number of halogens is 1. The quantitative estimate of drug-likeness (QED) is 0.744. The number of nitrogens with one attached hydrogen (secondary N) is 2. The van der Waals surface area contributed by atoms with Crippen LogP contribution in [0.25, 0.3) is 11.0 Å². The van der Waals surface area contributed by atoms with Crippen molar-refractivity contribution in [1.29, 1.82) is 0 Å². The number of urea groups is 1. The van der Waals surface area contributed by atoms with Crippen molar-refractivity contribution >= 4 is 17.0 Å². The van der Waals surface area contributed by atoms with Gasteiger partial charge in [-0.3, -0.25) is 0 Å². The molecule has 0 saturated heterocycles. The van der Waals surface area contributed by atoms with Crippen LogP contribution in [0.3, 0.4) is 0 Å². The lowest BCUT2D eigenvalue weighted by Crippen LogP contribution is -2.41. The lowest BCUT2D eigenvalue weighted by atomic mass is 10.2. The maximum atomic E-state index is 12.8. The molecule has 0 spiro atoms. The third-order valence-corrected chi connectivity index (χ3v) is 3.73. The van der Waals surface area contributed by atoms with Gasteiger partial charge in [0.2, 0.25) is 0 Å². The lowest BCUT2D eigenvalue weighted by molar-refractivity contribution is 0.237. The number of furan rings is 1. The Labute approximate surface area is 139 Å². The van der Waals surface area contributed by atoms with Crippen molar-refractivity contribution in [1.82, 2.24) is 10.6 Å². The van der Waals surface area contributed by atoms with Crippen LogP contribution in [0.4, 0.5) is 9.18 Å². The number of hydrogen-bond donors (Lipinski definition) is 2. The predicted molar refractivity (Wildman–Crippen MR) is 91.2 cm³/mol. The van der Waals surface area contributed by atoms with Gasteiger partial charge in [-0.15, -0.1) is 0 Å². The van der Waals surface area contributed by atoms with Crippen LogP contribution in [-0.4, -0.2) is 12.1 Å². The Morgan fingerprint density at radius 2 is 1.92 bits per heavy atom. The van der Waals surface area contributed by atoms with E-state index in [0.29, 0.717) is 13.0 Å². The van der Waals surface area contributed by atoms with E-state index >= 15 is 0 Å². The number of carbonyl (C=O) groups is 1. The largest absolute Gasteiger partial charge is 0.461 e. The van der Waals surface area contributed by atoms with Crippen LogP contribution in [0.5, 0.6) is 0 Å². The van der Waals surface area contributed by atoms with E-state index in [1.54, 1.807) is 12.1 Å². The molecule has 24 heavy (non-hydrogen) atoms. The average molecular weight is 326 g/mol. The highest BCUT2D eigenvalue weighted by Crippen LogP contribution is 2.19. The Morgan fingerprint density at radius 3 is 2.67 bits per heavy atom. The molecule has 0 fully saturated rings. The summed E-state index contributed by atoms with van der Waals surface area (Å²) in [5.41, 5.74) is 1.69. The molecule has 124 valence electrons. The van der Waals surface area contributed by atoms with Crippen LogP contribution in [0.15, 0.2) is 59.0 Å². The van der Waals surface area contributed by atoms with Crippen molar-refractivity contribution < 1.29 is 13.6 Å². The summed E-state index contributed by atoms with van der Waals surface area (Å²) in [7, 11) is 0. The van der Waals surface area contributed by atoms with Crippen molar-refractivity contribution in [3.05, 3.63) is 71.7 Å². The molecule has 3 rings (SSSR count). The average Bonchev–Trinajstić information content (AvgIpc) is 2.96. The standard InChI is InChI=1S/C19H19FN2O2/c1-13(10-17-11-15-4-2-3-5-18(15)24-17)22-19(23)21-12-14-6-8-16(20)9-7-14/h2-9,11,13H,10,12H2,1H3,(H2,21,22,23). The van der Waals surface area contributed by atoms with E-state index in [0.717, 1.165) is 22.3 Å². The lowest BCUT2D eigenvalue weighted by Gasteiger charge is -2.13. The van der Waals surface area contributed by atoms with Gasteiger partial charge >= 0.3 is 6.03 Å². The van der Waals surface area contributed by atoms with Gasteiger partial charge in [0.05, 0.1) is 0 Å². The van der Waals surface area contributed by atoms with E-state index in [1.165, 1.54) is 12.1 Å². The second-order valence-electron chi connectivity index (χ2n) is 5.81. The molecule has 2 N–H and O–H groups in total. The number of rotatable bonds is 5. The monoisotopic (exact) mass is 326 g/mol. The molecule has 1 unspecified atom stereocenters. The summed E-state index contributed by atoms with van der Waals surface area (Å²) in [6, 6.07) is 15.5.